The normalized spacial score (nSPS) is 11.7. The van der Waals surface area contributed by atoms with E-state index in [4.69, 9.17) is 5.11 Å². The van der Waals surface area contributed by atoms with Gasteiger partial charge in [-0.3, -0.25) is 9.59 Å². The van der Waals surface area contributed by atoms with E-state index in [1.165, 1.54) is 0 Å². The molecule has 0 spiro atoms. The lowest BCUT2D eigenvalue weighted by Crippen LogP contribution is -2.34. The summed E-state index contributed by atoms with van der Waals surface area (Å²) >= 11 is 0. The van der Waals surface area contributed by atoms with Gasteiger partial charge in [0.2, 0.25) is 0 Å². The Labute approximate surface area is 106 Å². The number of carboxylic acid groups (broad SMARTS) is 1. The van der Waals surface area contributed by atoms with Crippen molar-refractivity contribution >= 4 is 17.6 Å². The molecule has 0 heterocycles. The summed E-state index contributed by atoms with van der Waals surface area (Å²) in [6.07, 6.45) is -0.0818. The first kappa shape index (κ1) is 14.0. The molecule has 0 saturated carbocycles. The van der Waals surface area contributed by atoms with E-state index in [0.717, 1.165) is 5.69 Å². The molecule has 98 valence electrons. The van der Waals surface area contributed by atoms with Crippen molar-refractivity contribution in [3.05, 3.63) is 29.8 Å². The van der Waals surface area contributed by atoms with Gasteiger partial charge in [-0.2, -0.15) is 0 Å². The fourth-order valence-electron chi connectivity index (χ4n) is 1.53. The van der Waals surface area contributed by atoms with Crippen LogP contribution in [-0.4, -0.2) is 37.1 Å². The van der Waals surface area contributed by atoms with E-state index in [9.17, 15) is 9.59 Å². The van der Waals surface area contributed by atoms with Crippen molar-refractivity contribution in [3.63, 3.8) is 0 Å². The van der Waals surface area contributed by atoms with Crippen molar-refractivity contribution in [3.8, 4) is 0 Å². The summed E-state index contributed by atoms with van der Waals surface area (Å²) in [5.74, 6) is -1.18. The number of carboxylic acids is 1. The lowest BCUT2D eigenvalue weighted by atomic mass is 10.1. The SMILES string of the molecule is CC(CC(=O)O)NC(=O)c1ccc(N(C)C)cc1. The predicted molar refractivity (Wildman–Crippen MR) is 70.0 cm³/mol. The maximum absolute atomic E-state index is 11.8. The lowest BCUT2D eigenvalue weighted by Gasteiger charge is -2.14. The second-order valence-electron chi connectivity index (χ2n) is 4.41. The zero-order chi connectivity index (χ0) is 13.7. The van der Waals surface area contributed by atoms with Crippen molar-refractivity contribution < 1.29 is 14.7 Å². The quantitative estimate of drug-likeness (QED) is 0.827. The third kappa shape index (κ3) is 4.08. The van der Waals surface area contributed by atoms with Crippen LogP contribution in [0.15, 0.2) is 24.3 Å². The zero-order valence-corrected chi connectivity index (χ0v) is 10.8. The summed E-state index contributed by atoms with van der Waals surface area (Å²) in [4.78, 5) is 24.2. The number of hydrogen-bond acceptors (Lipinski definition) is 3. The summed E-state index contributed by atoms with van der Waals surface area (Å²) in [7, 11) is 3.84. The third-order valence-electron chi connectivity index (χ3n) is 2.50. The minimum atomic E-state index is -0.925. The number of benzene rings is 1. The summed E-state index contributed by atoms with van der Waals surface area (Å²) in [6.45, 7) is 1.67. The Morgan fingerprint density at radius 2 is 1.83 bits per heavy atom. The minimum absolute atomic E-state index is 0.0818. The number of carbonyl (C=O) groups is 2. The van der Waals surface area contributed by atoms with Gasteiger partial charge in [0, 0.05) is 31.4 Å². The van der Waals surface area contributed by atoms with E-state index in [1.807, 2.05) is 31.1 Å². The van der Waals surface area contributed by atoms with Gasteiger partial charge in [0.1, 0.15) is 0 Å². The van der Waals surface area contributed by atoms with E-state index < -0.39 is 5.97 Å². The molecule has 2 N–H and O–H groups in total. The zero-order valence-electron chi connectivity index (χ0n) is 10.8. The average molecular weight is 250 g/mol. The highest BCUT2D eigenvalue weighted by atomic mass is 16.4. The standard InChI is InChI=1S/C13H18N2O3/c1-9(8-12(16)17)14-13(18)10-4-6-11(7-5-10)15(2)3/h4-7,9H,8H2,1-3H3,(H,14,18)(H,16,17). The first-order chi connectivity index (χ1) is 8.40. The Kier molecular flexibility index (Phi) is 4.71. The highest BCUT2D eigenvalue weighted by Crippen LogP contribution is 2.12. The molecule has 0 bridgehead atoms. The second-order valence-corrected chi connectivity index (χ2v) is 4.41. The van der Waals surface area contributed by atoms with Crippen LogP contribution in [-0.2, 0) is 4.79 Å². The fraction of sp³-hybridized carbons (Fsp3) is 0.385. The topological polar surface area (TPSA) is 69.6 Å². The molecule has 1 aromatic carbocycles. The molecule has 18 heavy (non-hydrogen) atoms. The molecular weight excluding hydrogens is 232 g/mol. The summed E-state index contributed by atoms with van der Waals surface area (Å²) in [5.41, 5.74) is 1.53. The smallest absolute Gasteiger partial charge is 0.305 e. The van der Waals surface area contributed by atoms with Gasteiger partial charge in [0.15, 0.2) is 0 Å². The first-order valence-corrected chi connectivity index (χ1v) is 5.70. The molecule has 0 aliphatic carbocycles. The van der Waals surface area contributed by atoms with Crippen molar-refractivity contribution in [1.82, 2.24) is 5.32 Å². The number of anilines is 1. The summed E-state index contributed by atoms with van der Waals surface area (Å²) in [6, 6.07) is 6.74. The molecule has 1 atom stereocenters. The molecule has 0 aromatic heterocycles. The van der Waals surface area contributed by atoms with Crippen molar-refractivity contribution in [2.24, 2.45) is 0 Å². The van der Waals surface area contributed by atoms with Crippen LogP contribution in [0.2, 0.25) is 0 Å². The highest BCUT2D eigenvalue weighted by Gasteiger charge is 2.12. The second kappa shape index (κ2) is 6.05. The molecule has 1 aromatic rings. The molecule has 1 rings (SSSR count). The van der Waals surface area contributed by atoms with Crippen LogP contribution >= 0.6 is 0 Å². The number of aliphatic carboxylic acids is 1. The Bertz CT molecular complexity index is 426. The van der Waals surface area contributed by atoms with Gasteiger partial charge < -0.3 is 15.3 Å². The molecule has 5 heteroatoms. The molecule has 1 unspecified atom stereocenters. The number of amides is 1. The molecule has 0 aliphatic heterocycles. The van der Waals surface area contributed by atoms with Crippen LogP contribution in [0, 0.1) is 0 Å². The maximum atomic E-state index is 11.8. The molecule has 1 amide bonds. The van der Waals surface area contributed by atoms with Crippen molar-refractivity contribution in [2.45, 2.75) is 19.4 Å². The van der Waals surface area contributed by atoms with E-state index in [1.54, 1.807) is 19.1 Å². The Balaban J connectivity index is 2.64. The lowest BCUT2D eigenvalue weighted by molar-refractivity contribution is -0.137. The van der Waals surface area contributed by atoms with Crippen molar-refractivity contribution in [2.75, 3.05) is 19.0 Å². The van der Waals surface area contributed by atoms with E-state index >= 15 is 0 Å². The molecule has 0 saturated heterocycles. The van der Waals surface area contributed by atoms with Crippen molar-refractivity contribution in [1.29, 1.82) is 0 Å². The van der Waals surface area contributed by atoms with E-state index in [0.29, 0.717) is 5.56 Å². The first-order valence-electron chi connectivity index (χ1n) is 5.70. The third-order valence-corrected chi connectivity index (χ3v) is 2.50. The fourth-order valence-corrected chi connectivity index (χ4v) is 1.53. The molecule has 5 nitrogen and oxygen atoms in total. The highest BCUT2D eigenvalue weighted by molar-refractivity contribution is 5.94. The van der Waals surface area contributed by atoms with Crippen LogP contribution < -0.4 is 10.2 Å². The van der Waals surface area contributed by atoms with Crippen LogP contribution in [0.5, 0.6) is 0 Å². The van der Waals surface area contributed by atoms with Gasteiger partial charge in [-0.15, -0.1) is 0 Å². The predicted octanol–water partition coefficient (Wildman–Crippen LogP) is 1.35. The van der Waals surface area contributed by atoms with E-state index in [-0.39, 0.29) is 18.4 Å². The molecular formula is C13H18N2O3. The largest absolute Gasteiger partial charge is 0.481 e. The van der Waals surface area contributed by atoms with E-state index in [2.05, 4.69) is 5.32 Å². The minimum Gasteiger partial charge on any atom is -0.481 e. The maximum Gasteiger partial charge on any atom is 0.305 e. The van der Waals surface area contributed by atoms with Gasteiger partial charge in [0.25, 0.3) is 5.91 Å². The Morgan fingerprint density at radius 1 is 1.28 bits per heavy atom. The molecule has 0 aliphatic rings. The molecule has 0 radical (unpaired) electrons. The Hall–Kier alpha value is -2.04. The van der Waals surface area contributed by atoms with Gasteiger partial charge in [-0.25, -0.2) is 0 Å². The Morgan fingerprint density at radius 3 is 2.28 bits per heavy atom. The van der Waals surface area contributed by atoms with Crippen LogP contribution in [0.4, 0.5) is 5.69 Å². The van der Waals surface area contributed by atoms with Crippen LogP contribution in [0.3, 0.4) is 0 Å². The molecule has 0 fully saturated rings. The number of rotatable bonds is 5. The summed E-state index contributed by atoms with van der Waals surface area (Å²) in [5, 5.41) is 11.3. The number of hydrogen-bond donors (Lipinski definition) is 2. The van der Waals surface area contributed by atoms with Gasteiger partial charge in [-0.1, -0.05) is 0 Å². The van der Waals surface area contributed by atoms with Crippen LogP contribution in [0.25, 0.3) is 0 Å². The number of nitrogens with one attached hydrogen (secondary N) is 1. The van der Waals surface area contributed by atoms with Gasteiger partial charge in [-0.05, 0) is 31.2 Å². The number of nitrogens with zero attached hydrogens (tertiary/aromatic N) is 1. The van der Waals surface area contributed by atoms with Gasteiger partial charge in [0.05, 0.1) is 6.42 Å². The van der Waals surface area contributed by atoms with Gasteiger partial charge >= 0.3 is 5.97 Å². The summed E-state index contributed by atoms with van der Waals surface area (Å²) < 4.78 is 0. The van der Waals surface area contributed by atoms with Crippen LogP contribution in [0.1, 0.15) is 23.7 Å². The monoisotopic (exact) mass is 250 g/mol. The number of carbonyl (C=O) groups excluding carboxylic acids is 1. The average Bonchev–Trinajstić information content (AvgIpc) is 2.27.